The molecule has 2 saturated heterocycles. The number of ether oxygens (including phenoxy) is 1. The number of urea groups is 1. The predicted octanol–water partition coefficient (Wildman–Crippen LogP) is 3.22. The van der Waals surface area contributed by atoms with Crippen molar-refractivity contribution in [1.82, 2.24) is 9.88 Å². The van der Waals surface area contributed by atoms with Crippen molar-refractivity contribution in [2.24, 2.45) is 0 Å². The van der Waals surface area contributed by atoms with Gasteiger partial charge in [-0.3, -0.25) is 4.21 Å². The second kappa shape index (κ2) is 8.73. The van der Waals surface area contributed by atoms with Crippen molar-refractivity contribution in [3.05, 3.63) is 54.2 Å². The molecule has 1 N–H and O–H groups in total. The van der Waals surface area contributed by atoms with Crippen molar-refractivity contribution in [3.63, 3.8) is 0 Å². The molecule has 2 aliphatic heterocycles. The Hall–Kier alpha value is -2.41. The fourth-order valence-electron chi connectivity index (χ4n) is 3.78. The summed E-state index contributed by atoms with van der Waals surface area (Å²) in [5.41, 5.74) is 1.86. The number of likely N-dealkylation sites (tertiary alicyclic amines) is 1. The smallest absolute Gasteiger partial charge is 0.321 e. The van der Waals surface area contributed by atoms with Crippen LogP contribution in [0.4, 0.5) is 10.5 Å². The second-order valence-electron chi connectivity index (χ2n) is 7.28. The molecule has 1 aromatic heterocycles. The van der Waals surface area contributed by atoms with Gasteiger partial charge in [0.15, 0.2) is 0 Å². The van der Waals surface area contributed by atoms with E-state index in [0.717, 1.165) is 25.7 Å². The van der Waals surface area contributed by atoms with Crippen molar-refractivity contribution in [3.8, 4) is 5.88 Å². The van der Waals surface area contributed by atoms with E-state index in [4.69, 9.17) is 4.74 Å². The van der Waals surface area contributed by atoms with Crippen LogP contribution < -0.4 is 10.1 Å². The Bertz CT molecular complexity index is 829. The minimum atomic E-state index is -0.791. The monoisotopic (exact) mass is 399 g/mol. The largest absolute Gasteiger partial charge is 0.477 e. The zero-order chi connectivity index (χ0) is 19.3. The van der Waals surface area contributed by atoms with E-state index in [9.17, 15) is 9.00 Å². The summed E-state index contributed by atoms with van der Waals surface area (Å²) in [5, 5.41) is 3.28. The van der Waals surface area contributed by atoms with Gasteiger partial charge in [0.25, 0.3) is 0 Å². The van der Waals surface area contributed by atoms with Gasteiger partial charge in [0.1, 0.15) is 0 Å². The van der Waals surface area contributed by atoms with Crippen molar-refractivity contribution >= 4 is 22.5 Å². The Kier molecular flexibility index (Phi) is 5.90. The van der Waals surface area contributed by atoms with E-state index in [0.29, 0.717) is 31.3 Å². The van der Waals surface area contributed by atoms with Gasteiger partial charge in [-0.1, -0.05) is 30.3 Å². The van der Waals surface area contributed by atoms with Gasteiger partial charge >= 0.3 is 6.03 Å². The standard InChI is InChI=1S/C21H25N3O3S/c25-21(24-12-10-18-7-8-19(15-24)28(18)26)23-17-6-9-20(22-14-17)27-13-11-16-4-2-1-3-5-16/h1-6,9,14,18-19H,7-8,10-13,15H2,(H,23,25). The second-order valence-corrected chi connectivity index (χ2v) is 9.27. The Morgan fingerprint density at radius 1 is 1.14 bits per heavy atom. The third-order valence-corrected chi connectivity index (χ3v) is 7.54. The molecule has 3 unspecified atom stereocenters. The van der Waals surface area contributed by atoms with Crippen molar-refractivity contribution < 1.29 is 13.7 Å². The molecule has 2 aliphatic rings. The Balaban J connectivity index is 1.27. The molecule has 0 radical (unpaired) electrons. The van der Waals surface area contributed by atoms with Gasteiger partial charge < -0.3 is 15.0 Å². The molecule has 28 heavy (non-hydrogen) atoms. The molecule has 2 amide bonds. The topological polar surface area (TPSA) is 71.5 Å². The maximum Gasteiger partial charge on any atom is 0.321 e. The van der Waals surface area contributed by atoms with Gasteiger partial charge in [0.05, 0.1) is 23.7 Å². The molecule has 0 saturated carbocycles. The number of nitrogens with one attached hydrogen (secondary N) is 1. The first-order chi connectivity index (χ1) is 13.7. The van der Waals surface area contributed by atoms with E-state index in [-0.39, 0.29) is 16.5 Å². The number of hydrogen-bond donors (Lipinski definition) is 1. The van der Waals surface area contributed by atoms with Gasteiger partial charge in [-0.2, -0.15) is 0 Å². The van der Waals surface area contributed by atoms with Crippen molar-refractivity contribution in [1.29, 1.82) is 0 Å². The van der Waals surface area contributed by atoms with Crippen LogP contribution in [0.5, 0.6) is 5.88 Å². The summed E-state index contributed by atoms with van der Waals surface area (Å²) in [6.07, 6.45) is 5.24. The summed E-state index contributed by atoms with van der Waals surface area (Å²) in [6, 6.07) is 13.6. The van der Waals surface area contributed by atoms with Crippen LogP contribution in [-0.2, 0) is 17.2 Å². The highest BCUT2D eigenvalue weighted by atomic mass is 32.2. The summed E-state index contributed by atoms with van der Waals surface area (Å²) < 4.78 is 18.0. The quantitative estimate of drug-likeness (QED) is 0.838. The fraction of sp³-hybridized carbons (Fsp3) is 0.429. The van der Waals surface area contributed by atoms with Crippen molar-refractivity contribution in [2.45, 2.75) is 36.2 Å². The molecule has 148 valence electrons. The van der Waals surface area contributed by atoms with Crippen molar-refractivity contribution in [2.75, 3.05) is 25.0 Å². The molecule has 0 aliphatic carbocycles. The van der Waals surface area contributed by atoms with Gasteiger partial charge in [0.2, 0.25) is 5.88 Å². The van der Waals surface area contributed by atoms with Crippen LogP contribution in [0.25, 0.3) is 0 Å². The van der Waals surface area contributed by atoms with Crippen LogP contribution >= 0.6 is 0 Å². The number of amides is 2. The van der Waals surface area contributed by atoms with Crippen LogP contribution in [0.3, 0.4) is 0 Å². The van der Waals surface area contributed by atoms with Gasteiger partial charge in [-0.05, 0) is 30.9 Å². The number of fused-ring (bicyclic) bond motifs is 2. The van der Waals surface area contributed by atoms with E-state index < -0.39 is 10.8 Å². The summed E-state index contributed by atoms with van der Waals surface area (Å²) in [4.78, 5) is 18.6. The molecule has 2 fully saturated rings. The first-order valence-corrected chi connectivity index (χ1v) is 11.0. The molecule has 2 bridgehead atoms. The van der Waals surface area contributed by atoms with Gasteiger partial charge in [-0.25, -0.2) is 9.78 Å². The maximum atomic E-state index is 12.6. The van der Waals surface area contributed by atoms with E-state index in [1.807, 2.05) is 18.2 Å². The van der Waals surface area contributed by atoms with Gasteiger partial charge in [-0.15, -0.1) is 0 Å². The first-order valence-electron chi connectivity index (χ1n) is 9.77. The average molecular weight is 400 g/mol. The number of aromatic nitrogens is 1. The van der Waals surface area contributed by atoms with E-state index in [2.05, 4.69) is 22.4 Å². The maximum absolute atomic E-state index is 12.6. The number of pyridine rings is 1. The minimum absolute atomic E-state index is 0.122. The lowest BCUT2D eigenvalue weighted by molar-refractivity contribution is 0.209. The van der Waals surface area contributed by atoms with E-state index in [1.54, 1.807) is 23.2 Å². The Labute approximate surface area is 167 Å². The third-order valence-electron chi connectivity index (χ3n) is 5.37. The van der Waals surface area contributed by atoms with E-state index in [1.165, 1.54) is 5.56 Å². The van der Waals surface area contributed by atoms with E-state index >= 15 is 0 Å². The normalized spacial score (nSPS) is 23.9. The number of carbonyl (C=O) groups is 1. The number of anilines is 1. The van der Waals surface area contributed by atoms with Gasteiger partial charge in [0, 0.05) is 41.6 Å². The SMILES string of the molecule is O=C(Nc1ccc(OCCc2ccccc2)nc1)N1CCC2CCC(C1)S2=O. The molecule has 7 heteroatoms. The summed E-state index contributed by atoms with van der Waals surface area (Å²) >= 11 is 0. The lowest BCUT2D eigenvalue weighted by Gasteiger charge is -2.24. The Morgan fingerprint density at radius 3 is 2.75 bits per heavy atom. The van der Waals surface area contributed by atoms with Crippen LogP contribution in [0.2, 0.25) is 0 Å². The predicted molar refractivity (Wildman–Crippen MR) is 110 cm³/mol. The summed E-state index contributed by atoms with van der Waals surface area (Å²) in [6.45, 7) is 1.78. The zero-order valence-electron chi connectivity index (χ0n) is 15.8. The number of carbonyl (C=O) groups excluding carboxylic acids is 1. The number of rotatable bonds is 5. The van der Waals surface area contributed by atoms with Crippen LogP contribution in [-0.4, -0.2) is 50.3 Å². The highest BCUT2D eigenvalue weighted by Gasteiger charge is 2.38. The summed E-state index contributed by atoms with van der Waals surface area (Å²) in [7, 11) is -0.791. The molecule has 0 spiro atoms. The molecular formula is C21H25N3O3S. The molecule has 3 heterocycles. The molecule has 2 aromatic rings. The summed E-state index contributed by atoms with van der Waals surface area (Å²) in [5.74, 6) is 0.538. The lowest BCUT2D eigenvalue weighted by atomic mass is 10.1. The highest BCUT2D eigenvalue weighted by molar-refractivity contribution is 7.86. The molecule has 3 atom stereocenters. The number of nitrogens with zero attached hydrogens (tertiary/aromatic N) is 2. The fourth-order valence-corrected chi connectivity index (χ4v) is 5.73. The molecular weight excluding hydrogens is 374 g/mol. The highest BCUT2D eigenvalue weighted by Crippen LogP contribution is 2.30. The lowest BCUT2D eigenvalue weighted by Crippen LogP contribution is -2.40. The molecule has 6 nitrogen and oxygen atoms in total. The van der Waals surface area contributed by atoms with Crippen LogP contribution in [0.15, 0.2) is 48.7 Å². The number of benzene rings is 1. The average Bonchev–Trinajstić information content (AvgIpc) is 2.95. The third kappa shape index (κ3) is 4.52. The molecule has 1 aromatic carbocycles. The number of hydrogen-bond acceptors (Lipinski definition) is 4. The van der Waals surface area contributed by atoms with Crippen LogP contribution in [0, 0.1) is 0 Å². The van der Waals surface area contributed by atoms with Crippen LogP contribution in [0.1, 0.15) is 24.8 Å². The zero-order valence-corrected chi connectivity index (χ0v) is 16.6. The Morgan fingerprint density at radius 2 is 1.96 bits per heavy atom. The first kappa shape index (κ1) is 18.9. The molecule has 4 rings (SSSR count). The minimum Gasteiger partial charge on any atom is -0.477 e.